The highest BCUT2D eigenvalue weighted by atomic mass is 32.2. The van der Waals surface area contributed by atoms with Crippen LogP contribution in [0.25, 0.3) is 22.6 Å². The van der Waals surface area contributed by atoms with Gasteiger partial charge in [0.2, 0.25) is 5.82 Å². The van der Waals surface area contributed by atoms with E-state index in [2.05, 4.69) is 10.2 Å². The van der Waals surface area contributed by atoms with Crippen LogP contribution in [0.3, 0.4) is 0 Å². The summed E-state index contributed by atoms with van der Waals surface area (Å²) in [5, 5.41) is 13.4. The molecule has 21 heavy (non-hydrogen) atoms. The molecule has 0 aliphatic heterocycles. The third-order valence-electron chi connectivity index (χ3n) is 3.18. The molecule has 0 amide bonds. The first kappa shape index (κ1) is 13.8. The number of nitrogens with zero attached hydrogens (tertiary/aromatic N) is 3. The van der Waals surface area contributed by atoms with Crippen molar-refractivity contribution in [3.05, 3.63) is 29.8 Å². The number of benzene rings is 1. The number of sulfonamides is 1. The van der Waals surface area contributed by atoms with Crippen LogP contribution in [-0.2, 0) is 16.6 Å². The number of aromatic nitrogens is 3. The molecule has 3 rings (SSSR count). The van der Waals surface area contributed by atoms with E-state index >= 15 is 0 Å². The fraction of sp³-hybridized carbons (Fsp3) is 0.231. The Hall–Kier alpha value is -2.19. The van der Waals surface area contributed by atoms with Crippen LogP contribution in [0, 0.1) is 6.92 Å². The van der Waals surface area contributed by atoms with Crippen LogP contribution < -0.4 is 5.14 Å². The molecule has 0 saturated carbocycles. The Morgan fingerprint density at radius 2 is 2.05 bits per heavy atom. The SMILES string of the molecule is CCn1c(-c2cc3cc(C)ccc3o2)nnc1S(N)(=O)=O. The van der Waals surface area contributed by atoms with E-state index in [1.807, 2.05) is 31.2 Å². The second-order valence-corrected chi connectivity index (χ2v) is 6.20. The van der Waals surface area contributed by atoms with E-state index in [1.165, 1.54) is 4.57 Å². The first-order valence-corrected chi connectivity index (χ1v) is 7.91. The highest BCUT2D eigenvalue weighted by Crippen LogP contribution is 2.28. The lowest BCUT2D eigenvalue weighted by atomic mass is 10.2. The van der Waals surface area contributed by atoms with E-state index in [-0.39, 0.29) is 5.16 Å². The van der Waals surface area contributed by atoms with Crippen molar-refractivity contribution in [2.24, 2.45) is 5.14 Å². The average Bonchev–Trinajstić information content (AvgIpc) is 2.99. The highest BCUT2D eigenvalue weighted by Gasteiger charge is 2.22. The molecule has 0 radical (unpaired) electrons. The molecule has 0 saturated heterocycles. The molecular weight excluding hydrogens is 292 g/mol. The van der Waals surface area contributed by atoms with E-state index < -0.39 is 10.0 Å². The number of rotatable bonds is 3. The van der Waals surface area contributed by atoms with Crippen LogP contribution in [0.15, 0.2) is 33.8 Å². The molecule has 2 aromatic heterocycles. The predicted molar refractivity (Wildman–Crippen MR) is 77.0 cm³/mol. The maximum Gasteiger partial charge on any atom is 0.273 e. The normalized spacial score (nSPS) is 12.1. The van der Waals surface area contributed by atoms with Gasteiger partial charge in [0, 0.05) is 11.9 Å². The summed E-state index contributed by atoms with van der Waals surface area (Å²) in [6, 6.07) is 7.60. The van der Waals surface area contributed by atoms with Gasteiger partial charge in [0.15, 0.2) is 5.76 Å². The molecular formula is C13H14N4O3S. The van der Waals surface area contributed by atoms with Crippen LogP contribution in [0.4, 0.5) is 0 Å². The summed E-state index contributed by atoms with van der Waals surface area (Å²) in [6.45, 7) is 4.14. The second kappa shape index (κ2) is 4.68. The summed E-state index contributed by atoms with van der Waals surface area (Å²) in [5.41, 5.74) is 1.82. The topological polar surface area (TPSA) is 104 Å². The van der Waals surface area contributed by atoms with Crippen LogP contribution >= 0.6 is 0 Å². The Kier molecular flexibility index (Phi) is 3.07. The maximum absolute atomic E-state index is 11.5. The fourth-order valence-corrected chi connectivity index (χ4v) is 2.92. The van der Waals surface area contributed by atoms with Crippen molar-refractivity contribution in [1.82, 2.24) is 14.8 Å². The Morgan fingerprint density at radius 1 is 1.29 bits per heavy atom. The lowest BCUT2D eigenvalue weighted by Crippen LogP contribution is -2.18. The third-order valence-corrected chi connectivity index (χ3v) is 3.99. The number of fused-ring (bicyclic) bond motifs is 1. The zero-order chi connectivity index (χ0) is 15.2. The van der Waals surface area contributed by atoms with Crippen molar-refractivity contribution in [2.45, 2.75) is 25.5 Å². The summed E-state index contributed by atoms with van der Waals surface area (Å²) >= 11 is 0. The molecule has 1 aromatic carbocycles. The van der Waals surface area contributed by atoms with Crippen LogP contribution in [-0.4, -0.2) is 23.2 Å². The van der Waals surface area contributed by atoms with Crippen molar-refractivity contribution < 1.29 is 12.8 Å². The molecule has 0 bridgehead atoms. The molecule has 0 aliphatic carbocycles. The van der Waals surface area contributed by atoms with Gasteiger partial charge in [0.1, 0.15) is 5.58 Å². The summed E-state index contributed by atoms with van der Waals surface area (Å²) < 4.78 is 30.1. The second-order valence-electron chi connectivity index (χ2n) is 4.75. The lowest BCUT2D eigenvalue weighted by Gasteiger charge is -2.03. The highest BCUT2D eigenvalue weighted by molar-refractivity contribution is 7.89. The molecule has 0 unspecified atom stereocenters. The Morgan fingerprint density at radius 3 is 2.71 bits per heavy atom. The first-order chi connectivity index (χ1) is 9.90. The number of hydrogen-bond donors (Lipinski definition) is 1. The van der Waals surface area contributed by atoms with Gasteiger partial charge >= 0.3 is 0 Å². The molecule has 2 heterocycles. The zero-order valence-electron chi connectivity index (χ0n) is 11.6. The van der Waals surface area contributed by atoms with Gasteiger partial charge in [-0.05, 0) is 32.0 Å². The molecule has 110 valence electrons. The molecule has 0 atom stereocenters. The molecule has 3 aromatic rings. The largest absolute Gasteiger partial charge is 0.453 e. The zero-order valence-corrected chi connectivity index (χ0v) is 12.4. The van der Waals surface area contributed by atoms with Gasteiger partial charge in [0.05, 0.1) is 0 Å². The number of nitrogens with two attached hydrogens (primary N) is 1. The van der Waals surface area contributed by atoms with E-state index in [1.54, 1.807) is 6.92 Å². The third kappa shape index (κ3) is 2.32. The molecule has 2 N–H and O–H groups in total. The van der Waals surface area contributed by atoms with E-state index in [0.717, 1.165) is 10.9 Å². The van der Waals surface area contributed by atoms with Crippen LogP contribution in [0.5, 0.6) is 0 Å². The molecule has 0 aliphatic rings. The first-order valence-electron chi connectivity index (χ1n) is 6.36. The molecule has 0 fully saturated rings. The molecule has 7 nitrogen and oxygen atoms in total. The smallest absolute Gasteiger partial charge is 0.273 e. The number of primary sulfonamides is 1. The Labute approximate surface area is 121 Å². The van der Waals surface area contributed by atoms with Crippen LogP contribution in [0.2, 0.25) is 0 Å². The lowest BCUT2D eigenvalue weighted by molar-refractivity contribution is 0.566. The quantitative estimate of drug-likeness (QED) is 0.792. The standard InChI is InChI=1S/C13H14N4O3S/c1-3-17-12(15-16-13(17)21(14,18)19)11-7-9-6-8(2)4-5-10(9)20-11/h4-7H,3H2,1-2H3,(H2,14,18,19). The molecule has 8 heteroatoms. The van der Waals surface area contributed by atoms with Crippen molar-refractivity contribution in [3.8, 4) is 11.6 Å². The Balaban J connectivity index is 2.21. The van der Waals surface area contributed by atoms with E-state index in [0.29, 0.717) is 23.7 Å². The number of furan rings is 1. The summed E-state index contributed by atoms with van der Waals surface area (Å²) in [4.78, 5) is 0. The Bertz CT molecular complexity index is 924. The molecule has 0 spiro atoms. The minimum absolute atomic E-state index is 0.267. The van der Waals surface area contributed by atoms with Gasteiger partial charge in [-0.15, -0.1) is 10.2 Å². The average molecular weight is 306 g/mol. The van der Waals surface area contributed by atoms with Gasteiger partial charge in [-0.3, -0.25) is 4.57 Å². The van der Waals surface area contributed by atoms with Gasteiger partial charge in [0.25, 0.3) is 15.2 Å². The van der Waals surface area contributed by atoms with Gasteiger partial charge < -0.3 is 4.42 Å². The summed E-state index contributed by atoms with van der Waals surface area (Å²) in [5.74, 6) is 0.801. The maximum atomic E-state index is 11.5. The number of aryl methyl sites for hydroxylation is 1. The summed E-state index contributed by atoms with van der Waals surface area (Å²) in [7, 11) is -3.92. The minimum atomic E-state index is -3.92. The van der Waals surface area contributed by atoms with Gasteiger partial charge in [-0.1, -0.05) is 11.6 Å². The van der Waals surface area contributed by atoms with Gasteiger partial charge in [-0.2, -0.15) is 0 Å². The van der Waals surface area contributed by atoms with E-state index in [9.17, 15) is 8.42 Å². The monoisotopic (exact) mass is 306 g/mol. The van der Waals surface area contributed by atoms with Crippen LogP contribution in [0.1, 0.15) is 12.5 Å². The summed E-state index contributed by atoms with van der Waals surface area (Å²) in [6.07, 6.45) is 0. The van der Waals surface area contributed by atoms with Crippen molar-refractivity contribution >= 4 is 21.0 Å². The van der Waals surface area contributed by atoms with Crippen molar-refractivity contribution in [3.63, 3.8) is 0 Å². The van der Waals surface area contributed by atoms with Crippen molar-refractivity contribution in [2.75, 3.05) is 0 Å². The van der Waals surface area contributed by atoms with E-state index in [4.69, 9.17) is 9.56 Å². The minimum Gasteiger partial charge on any atom is -0.453 e. The van der Waals surface area contributed by atoms with Gasteiger partial charge in [-0.25, -0.2) is 13.6 Å². The number of hydrogen-bond acceptors (Lipinski definition) is 5. The predicted octanol–water partition coefficient (Wildman–Crippen LogP) is 1.67. The van der Waals surface area contributed by atoms with Crippen molar-refractivity contribution in [1.29, 1.82) is 0 Å². The fourth-order valence-electron chi connectivity index (χ4n) is 2.24.